The van der Waals surface area contributed by atoms with Gasteiger partial charge >= 0.3 is 5.97 Å². The summed E-state index contributed by atoms with van der Waals surface area (Å²) >= 11 is 5.90. The van der Waals surface area contributed by atoms with Gasteiger partial charge in [0.2, 0.25) is 11.8 Å². The molecular weight excluding hydrogens is 440 g/mol. The van der Waals surface area contributed by atoms with Crippen molar-refractivity contribution >= 4 is 29.4 Å². The number of benzene rings is 2. The molecule has 0 radical (unpaired) electrons. The number of amides is 2. The smallest absolute Gasteiger partial charge is 0.310 e. The molecule has 6 nitrogen and oxygen atoms in total. The molecule has 0 fully saturated rings. The Labute approximate surface area is 198 Å². The van der Waals surface area contributed by atoms with Crippen LogP contribution in [-0.4, -0.2) is 23.9 Å². The summed E-state index contributed by atoms with van der Waals surface area (Å²) in [6, 6.07) is 14.7. The SMILES string of the molecule is O=C(C[C@@H]1CC=CCCC(=O)N[C@@H]2c3ccccc3C[C@@H]2OC1=O)NCc1ccc(Cl)cc1. The summed E-state index contributed by atoms with van der Waals surface area (Å²) in [5.74, 6) is -1.29. The minimum Gasteiger partial charge on any atom is -0.459 e. The molecule has 0 saturated carbocycles. The third-order valence-electron chi connectivity index (χ3n) is 6.06. The number of ether oxygens (including phenoxy) is 1. The molecule has 0 aromatic heterocycles. The van der Waals surface area contributed by atoms with Gasteiger partial charge in [-0.15, -0.1) is 0 Å². The molecule has 0 bridgehead atoms. The molecule has 0 unspecified atom stereocenters. The highest BCUT2D eigenvalue weighted by Crippen LogP contribution is 2.34. The quantitative estimate of drug-likeness (QED) is 0.526. The lowest BCUT2D eigenvalue weighted by molar-refractivity contribution is -0.157. The molecule has 172 valence electrons. The molecule has 2 aromatic rings. The van der Waals surface area contributed by atoms with Gasteiger partial charge in [0.05, 0.1) is 12.0 Å². The first-order chi connectivity index (χ1) is 16.0. The Morgan fingerprint density at radius 1 is 1.09 bits per heavy atom. The van der Waals surface area contributed by atoms with E-state index in [0.717, 1.165) is 16.7 Å². The Morgan fingerprint density at radius 3 is 2.70 bits per heavy atom. The molecule has 1 heterocycles. The van der Waals surface area contributed by atoms with E-state index in [9.17, 15) is 14.4 Å². The maximum Gasteiger partial charge on any atom is 0.310 e. The molecule has 7 heteroatoms. The predicted octanol–water partition coefficient (Wildman–Crippen LogP) is 4.03. The van der Waals surface area contributed by atoms with E-state index in [-0.39, 0.29) is 24.3 Å². The molecule has 33 heavy (non-hydrogen) atoms. The minimum absolute atomic E-state index is 0.0352. The third kappa shape index (κ3) is 6.02. The van der Waals surface area contributed by atoms with Crippen LogP contribution in [0.5, 0.6) is 0 Å². The van der Waals surface area contributed by atoms with Crippen molar-refractivity contribution in [1.82, 2.24) is 10.6 Å². The van der Waals surface area contributed by atoms with Gasteiger partial charge in [-0.05, 0) is 41.7 Å². The lowest BCUT2D eigenvalue weighted by Gasteiger charge is -2.25. The van der Waals surface area contributed by atoms with Gasteiger partial charge < -0.3 is 15.4 Å². The van der Waals surface area contributed by atoms with E-state index in [1.165, 1.54) is 0 Å². The van der Waals surface area contributed by atoms with Crippen LogP contribution in [0.1, 0.15) is 48.4 Å². The number of carbonyl (C=O) groups is 3. The first-order valence-electron chi connectivity index (χ1n) is 11.2. The Bertz CT molecular complexity index is 1050. The molecule has 2 amide bonds. The standard InChI is InChI=1S/C26H27ClN2O4/c27-20-12-10-17(11-13-20)16-28-24(31)15-19-7-2-1-3-9-23(30)29-25-21-8-5-4-6-18(21)14-22(25)33-26(19)32/h1-2,4-6,8,10-13,19,22,25H,3,7,9,14-16H2,(H,28,31)(H,29,30)/t19-,22-,25+/m0/s1. The number of carbonyl (C=O) groups excluding carboxylic acids is 3. The summed E-state index contributed by atoms with van der Waals surface area (Å²) in [5.41, 5.74) is 2.97. The van der Waals surface area contributed by atoms with E-state index in [1.807, 2.05) is 48.6 Å². The largest absolute Gasteiger partial charge is 0.459 e. The number of esters is 1. The van der Waals surface area contributed by atoms with E-state index in [2.05, 4.69) is 10.6 Å². The topological polar surface area (TPSA) is 84.5 Å². The molecule has 0 spiro atoms. The van der Waals surface area contributed by atoms with Crippen LogP contribution in [0.25, 0.3) is 0 Å². The molecule has 2 aromatic carbocycles. The fourth-order valence-corrected chi connectivity index (χ4v) is 4.41. The molecule has 1 aliphatic carbocycles. The fourth-order valence-electron chi connectivity index (χ4n) is 4.28. The Morgan fingerprint density at radius 2 is 1.88 bits per heavy atom. The Hall–Kier alpha value is -3.12. The molecule has 0 saturated heterocycles. The molecule has 1 aliphatic heterocycles. The Balaban J connectivity index is 1.44. The zero-order chi connectivity index (χ0) is 23.2. The first-order valence-corrected chi connectivity index (χ1v) is 11.6. The van der Waals surface area contributed by atoms with Crippen molar-refractivity contribution in [3.05, 3.63) is 82.4 Å². The maximum absolute atomic E-state index is 13.1. The maximum atomic E-state index is 13.1. The number of rotatable bonds is 4. The summed E-state index contributed by atoms with van der Waals surface area (Å²) in [6.07, 6.45) is 5.16. The van der Waals surface area contributed by atoms with Crippen LogP contribution < -0.4 is 10.6 Å². The van der Waals surface area contributed by atoms with Crippen molar-refractivity contribution in [2.45, 2.75) is 50.8 Å². The van der Waals surface area contributed by atoms with Crippen molar-refractivity contribution in [2.24, 2.45) is 5.92 Å². The second-order valence-electron chi connectivity index (χ2n) is 8.47. The van der Waals surface area contributed by atoms with Crippen molar-refractivity contribution in [2.75, 3.05) is 0 Å². The zero-order valence-electron chi connectivity index (χ0n) is 18.3. The number of hydrogen-bond acceptors (Lipinski definition) is 4. The molecule has 4 rings (SSSR count). The van der Waals surface area contributed by atoms with Crippen LogP contribution in [0.15, 0.2) is 60.7 Å². The number of nitrogens with one attached hydrogen (secondary N) is 2. The van der Waals surface area contributed by atoms with E-state index in [1.54, 1.807) is 12.1 Å². The van der Waals surface area contributed by atoms with E-state index < -0.39 is 18.0 Å². The Kier molecular flexibility index (Phi) is 7.45. The second kappa shape index (κ2) is 10.7. The highest BCUT2D eigenvalue weighted by Gasteiger charge is 2.37. The van der Waals surface area contributed by atoms with Crippen molar-refractivity contribution in [3.8, 4) is 0 Å². The van der Waals surface area contributed by atoms with Gasteiger partial charge in [-0.1, -0.05) is 60.2 Å². The summed E-state index contributed by atoms with van der Waals surface area (Å²) in [7, 11) is 0. The summed E-state index contributed by atoms with van der Waals surface area (Å²) < 4.78 is 5.89. The lowest BCUT2D eigenvalue weighted by Crippen LogP contribution is -2.38. The van der Waals surface area contributed by atoms with Gasteiger partial charge in [-0.25, -0.2) is 0 Å². The fraction of sp³-hybridized carbons (Fsp3) is 0.346. The third-order valence-corrected chi connectivity index (χ3v) is 6.31. The van der Waals surface area contributed by atoms with Gasteiger partial charge in [0.1, 0.15) is 6.10 Å². The molecule has 2 N–H and O–H groups in total. The summed E-state index contributed by atoms with van der Waals surface area (Å²) in [6.45, 7) is 0.361. The summed E-state index contributed by atoms with van der Waals surface area (Å²) in [4.78, 5) is 38.1. The normalized spacial score (nSPS) is 22.8. The minimum atomic E-state index is -0.592. The van der Waals surface area contributed by atoms with Crippen LogP contribution in [0.2, 0.25) is 5.02 Å². The van der Waals surface area contributed by atoms with Crippen LogP contribution in [0, 0.1) is 5.92 Å². The van der Waals surface area contributed by atoms with Crippen LogP contribution in [0.4, 0.5) is 0 Å². The highest BCUT2D eigenvalue weighted by molar-refractivity contribution is 6.30. The number of allylic oxidation sites excluding steroid dienone is 2. The van der Waals surface area contributed by atoms with Crippen molar-refractivity contribution < 1.29 is 19.1 Å². The molecule has 2 aliphatic rings. The molecular formula is C26H27ClN2O4. The van der Waals surface area contributed by atoms with Gasteiger partial charge in [0, 0.05) is 30.8 Å². The number of halogens is 1. The van der Waals surface area contributed by atoms with Crippen LogP contribution in [-0.2, 0) is 32.1 Å². The zero-order valence-corrected chi connectivity index (χ0v) is 19.0. The average Bonchev–Trinajstić information content (AvgIpc) is 3.13. The van der Waals surface area contributed by atoms with E-state index in [4.69, 9.17) is 16.3 Å². The number of fused-ring (bicyclic) bond motifs is 3. The van der Waals surface area contributed by atoms with Gasteiger partial charge in [0.15, 0.2) is 0 Å². The highest BCUT2D eigenvalue weighted by atomic mass is 35.5. The van der Waals surface area contributed by atoms with Gasteiger partial charge in [-0.3, -0.25) is 14.4 Å². The second-order valence-corrected chi connectivity index (χ2v) is 8.91. The van der Waals surface area contributed by atoms with Gasteiger partial charge in [0.25, 0.3) is 0 Å². The monoisotopic (exact) mass is 466 g/mol. The van der Waals surface area contributed by atoms with Gasteiger partial charge in [-0.2, -0.15) is 0 Å². The lowest BCUT2D eigenvalue weighted by atomic mass is 9.99. The van der Waals surface area contributed by atoms with E-state index in [0.29, 0.717) is 37.3 Å². The van der Waals surface area contributed by atoms with Crippen molar-refractivity contribution in [3.63, 3.8) is 0 Å². The predicted molar refractivity (Wildman–Crippen MR) is 125 cm³/mol. The molecule has 3 atom stereocenters. The van der Waals surface area contributed by atoms with Crippen LogP contribution >= 0.6 is 11.6 Å². The summed E-state index contributed by atoms with van der Waals surface area (Å²) in [5, 5.41) is 6.54. The number of hydrogen-bond donors (Lipinski definition) is 2. The van der Waals surface area contributed by atoms with Crippen molar-refractivity contribution in [1.29, 1.82) is 0 Å². The van der Waals surface area contributed by atoms with Crippen LogP contribution in [0.3, 0.4) is 0 Å². The van der Waals surface area contributed by atoms with E-state index >= 15 is 0 Å². The average molecular weight is 467 g/mol. The first kappa shape index (κ1) is 23.1.